The van der Waals surface area contributed by atoms with E-state index in [1.54, 1.807) is 0 Å². The summed E-state index contributed by atoms with van der Waals surface area (Å²) in [6.07, 6.45) is 5.61. The third-order valence-corrected chi connectivity index (χ3v) is 4.08. The van der Waals surface area contributed by atoms with Gasteiger partial charge in [0.1, 0.15) is 0 Å². The largest absolute Gasteiger partial charge is 0.261 e. The van der Waals surface area contributed by atoms with E-state index < -0.39 is 0 Å². The number of hydrogen-bond donors (Lipinski definition) is 0. The van der Waals surface area contributed by atoms with Gasteiger partial charge in [-0.05, 0) is 37.1 Å². The van der Waals surface area contributed by atoms with Gasteiger partial charge in [-0.3, -0.25) is 9.97 Å². The Balaban J connectivity index is 0.000000351. The van der Waals surface area contributed by atoms with Crippen LogP contribution >= 0.6 is 0 Å². The van der Waals surface area contributed by atoms with Gasteiger partial charge in [-0.15, -0.1) is 0 Å². The van der Waals surface area contributed by atoms with Crippen LogP contribution in [-0.4, -0.2) is 9.97 Å². The molecule has 0 amide bonds. The molecule has 0 bridgehead atoms. The predicted octanol–water partition coefficient (Wildman–Crippen LogP) is 5.17. The molecular formula is C23H22FeN2-2. The molecule has 26 heavy (non-hydrogen) atoms. The predicted molar refractivity (Wildman–Crippen MR) is 103 cm³/mol. The van der Waals surface area contributed by atoms with E-state index in [9.17, 15) is 0 Å². The maximum Gasteiger partial charge on any atom is 0.0399 e. The fraction of sp³-hybridized carbons (Fsp3) is 0.130. The summed E-state index contributed by atoms with van der Waals surface area (Å²) >= 11 is 0. The summed E-state index contributed by atoms with van der Waals surface area (Å²) in [4.78, 5) is 8.90. The third kappa shape index (κ3) is 6.44. The summed E-state index contributed by atoms with van der Waals surface area (Å²) in [6, 6.07) is 30.8. The maximum absolute atomic E-state index is 4.45. The summed E-state index contributed by atoms with van der Waals surface area (Å²) in [5.41, 5.74) is 3.63. The Morgan fingerprint density at radius 1 is 0.731 bits per heavy atom. The Morgan fingerprint density at radius 3 is 1.65 bits per heavy atom. The zero-order chi connectivity index (χ0) is 17.2. The smallest absolute Gasteiger partial charge is 0.0399 e. The van der Waals surface area contributed by atoms with Gasteiger partial charge in [0.15, 0.2) is 0 Å². The van der Waals surface area contributed by atoms with Crippen molar-refractivity contribution in [3.63, 3.8) is 0 Å². The molecule has 0 atom stereocenters. The Kier molecular flexibility index (Phi) is 8.54. The average Bonchev–Trinajstić information content (AvgIpc) is 3.39. The summed E-state index contributed by atoms with van der Waals surface area (Å²) in [5.74, 6) is 0.426. The van der Waals surface area contributed by atoms with Crippen LogP contribution in [0.2, 0.25) is 0 Å². The normalized spacial score (nSPS) is 9.88. The first kappa shape index (κ1) is 19.8. The number of aromatic nitrogens is 2. The number of rotatable bonds is 5. The molecule has 2 nitrogen and oxygen atoms in total. The molecule has 0 unspecified atom stereocenters. The van der Waals surface area contributed by atoms with Crippen LogP contribution in [0.25, 0.3) is 0 Å². The van der Waals surface area contributed by atoms with Crippen molar-refractivity contribution in [1.82, 2.24) is 9.97 Å². The minimum absolute atomic E-state index is 0. The molecule has 2 aromatic carbocycles. The van der Waals surface area contributed by atoms with Gasteiger partial charge in [-0.2, -0.15) is 35.9 Å². The zero-order valence-corrected chi connectivity index (χ0v) is 15.7. The van der Waals surface area contributed by atoms with E-state index in [2.05, 4.69) is 46.4 Å². The Morgan fingerprint density at radius 2 is 1.27 bits per heavy atom. The zero-order valence-electron chi connectivity index (χ0n) is 14.6. The van der Waals surface area contributed by atoms with Crippen molar-refractivity contribution < 1.29 is 17.1 Å². The van der Waals surface area contributed by atoms with E-state index in [0.29, 0.717) is 5.92 Å². The van der Waals surface area contributed by atoms with Crippen LogP contribution in [0, 0.1) is 0 Å². The molecular weight excluding hydrogens is 360 g/mol. The second-order valence-electron chi connectivity index (χ2n) is 5.93. The summed E-state index contributed by atoms with van der Waals surface area (Å²) in [6.45, 7) is 0. The van der Waals surface area contributed by atoms with Crippen molar-refractivity contribution in [2.24, 2.45) is 0 Å². The molecule has 0 saturated heterocycles. The van der Waals surface area contributed by atoms with E-state index in [0.717, 1.165) is 24.2 Å². The standard InChI is InChI=1S/C18H17N2.C5H5.Fe/c1-2-8-15(7-1)16(13-17-9-3-5-11-19-17)14-18-10-4-6-12-20-18;1-2-4-5-3-1;/h1-12,16H,13-14H2;1-5H;/q2*-1;. The van der Waals surface area contributed by atoms with Crippen molar-refractivity contribution in [2.75, 3.05) is 0 Å². The van der Waals surface area contributed by atoms with Crippen molar-refractivity contribution >= 4 is 0 Å². The molecule has 0 aliphatic heterocycles. The number of hydrogen-bond acceptors (Lipinski definition) is 2. The van der Waals surface area contributed by atoms with Gasteiger partial charge in [0.25, 0.3) is 0 Å². The van der Waals surface area contributed by atoms with Crippen molar-refractivity contribution in [3.05, 3.63) is 120 Å². The monoisotopic (exact) mass is 382 g/mol. The van der Waals surface area contributed by atoms with Crippen LogP contribution in [0.5, 0.6) is 0 Å². The molecule has 0 radical (unpaired) electrons. The van der Waals surface area contributed by atoms with Gasteiger partial charge >= 0.3 is 0 Å². The van der Waals surface area contributed by atoms with Gasteiger partial charge in [0, 0.05) is 40.9 Å². The van der Waals surface area contributed by atoms with E-state index in [4.69, 9.17) is 0 Å². The number of nitrogens with zero attached hydrogens (tertiary/aromatic N) is 2. The number of pyridine rings is 2. The summed E-state index contributed by atoms with van der Waals surface area (Å²) in [5, 5.41) is 0. The molecule has 0 aliphatic carbocycles. The third-order valence-electron chi connectivity index (χ3n) is 4.08. The van der Waals surface area contributed by atoms with Crippen molar-refractivity contribution in [2.45, 2.75) is 18.8 Å². The second kappa shape index (κ2) is 11.2. The van der Waals surface area contributed by atoms with Gasteiger partial charge in [0.05, 0.1) is 0 Å². The minimum Gasteiger partial charge on any atom is -0.261 e. The molecule has 2 aromatic heterocycles. The quantitative estimate of drug-likeness (QED) is 0.352. The molecule has 0 aliphatic rings. The first-order valence-electron chi connectivity index (χ1n) is 8.60. The van der Waals surface area contributed by atoms with Gasteiger partial charge in [0.2, 0.25) is 0 Å². The first-order valence-corrected chi connectivity index (χ1v) is 8.60. The minimum atomic E-state index is 0. The molecule has 3 heteroatoms. The van der Waals surface area contributed by atoms with Gasteiger partial charge in [-0.1, -0.05) is 18.1 Å². The average molecular weight is 382 g/mol. The summed E-state index contributed by atoms with van der Waals surface area (Å²) < 4.78 is 0. The van der Waals surface area contributed by atoms with Gasteiger partial charge in [-0.25, -0.2) is 24.3 Å². The second-order valence-corrected chi connectivity index (χ2v) is 5.93. The molecule has 0 fully saturated rings. The molecule has 4 rings (SSSR count). The van der Waals surface area contributed by atoms with E-state index in [1.165, 1.54) is 5.56 Å². The molecule has 134 valence electrons. The fourth-order valence-corrected chi connectivity index (χ4v) is 2.83. The van der Waals surface area contributed by atoms with Crippen LogP contribution in [-0.2, 0) is 29.9 Å². The molecule has 4 aromatic rings. The van der Waals surface area contributed by atoms with E-state index in [1.807, 2.05) is 67.0 Å². The van der Waals surface area contributed by atoms with Crippen LogP contribution < -0.4 is 0 Å². The van der Waals surface area contributed by atoms with Gasteiger partial charge < -0.3 is 0 Å². The van der Waals surface area contributed by atoms with E-state index >= 15 is 0 Å². The van der Waals surface area contributed by atoms with Crippen LogP contribution in [0.1, 0.15) is 22.9 Å². The van der Waals surface area contributed by atoms with Crippen LogP contribution in [0.3, 0.4) is 0 Å². The topological polar surface area (TPSA) is 25.8 Å². The molecule has 0 saturated carbocycles. The Bertz CT molecular complexity index is 735. The Hall–Kier alpha value is -2.48. The molecule has 0 N–H and O–H groups in total. The van der Waals surface area contributed by atoms with Crippen LogP contribution in [0.15, 0.2) is 103 Å². The van der Waals surface area contributed by atoms with Crippen molar-refractivity contribution in [1.29, 1.82) is 0 Å². The van der Waals surface area contributed by atoms with Crippen molar-refractivity contribution in [3.8, 4) is 0 Å². The SMILES string of the molecule is [Fe].c1cc[cH-]c1.c1ccc(CC(Cc2ccccn2)[c-]2cccc2)nc1. The maximum atomic E-state index is 4.45. The Labute approximate surface area is 166 Å². The fourth-order valence-electron chi connectivity index (χ4n) is 2.83. The first-order chi connectivity index (χ1) is 12.4. The molecule has 0 spiro atoms. The van der Waals surface area contributed by atoms with Crippen LogP contribution in [0.4, 0.5) is 0 Å². The summed E-state index contributed by atoms with van der Waals surface area (Å²) in [7, 11) is 0. The van der Waals surface area contributed by atoms with E-state index in [-0.39, 0.29) is 17.1 Å². The molecule has 2 heterocycles.